The summed E-state index contributed by atoms with van der Waals surface area (Å²) in [5, 5.41) is 7.42. The number of aliphatic carboxylic acids is 1. The normalized spacial score (nSPS) is 4.17. The molecule has 0 heterocycles. The fourth-order valence-corrected chi connectivity index (χ4v) is 0. The first kappa shape index (κ1) is 16.7. The SMILES string of the molecule is C.CC(=O)O.[Co]. The van der Waals surface area contributed by atoms with E-state index in [1.165, 1.54) is 0 Å². The van der Waals surface area contributed by atoms with Crippen LogP contribution in [0.3, 0.4) is 0 Å². The maximum atomic E-state index is 9.00. The van der Waals surface area contributed by atoms with Gasteiger partial charge < -0.3 is 5.11 Å². The molecule has 0 aromatic rings. The molecule has 0 atom stereocenters. The second kappa shape index (κ2) is 8.88. The fraction of sp³-hybridized carbons (Fsp3) is 0.667. The Balaban J connectivity index is -0.0000000450. The van der Waals surface area contributed by atoms with Gasteiger partial charge in [-0.15, -0.1) is 0 Å². The van der Waals surface area contributed by atoms with Crippen molar-refractivity contribution >= 4 is 5.97 Å². The molecule has 2 nitrogen and oxygen atoms in total. The van der Waals surface area contributed by atoms with Crippen molar-refractivity contribution < 1.29 is 26.7 Å². The molecule has 1 N–H and O–H groups in total. The van der Waals surface area contributed by atoms with Crippen molar-refractivity contribution in [3.05, 3.63) is 0 Å². The molecule has 0 aliphatic rings. The smallest absolute Gasteiger partial charge is 0.300 e. The van der Waals surface area contributed by atoms with Crippen LogP contribution >= 0.6 is 0 Å². The minimum atomic E-state index is -0.833. The quantitative estimate of drug-likeness (QED) is 0.531. The van der Waals surface area contributed by atoms with Crippen LogP contribution in [-0.2, 0) is 21.6 Å². The molecule has 1 radical (unpaired) electrons. The maximum Gasteiger partial charge on any atom is 0.300 e. The van der Waals surface area contributed by atoms with Gasteiger partial charge in [0.2, 0.25) is 0 Å². The molecule has 0 unspecified atom stereocenters. The average Bonchev–Trinajstić information content (AvgIpc) is 0.811. The molecule has 0 amide bonds. The third kappa shape index (κ3) is 63800. The molecule has 0 saturated heterocycles. The van der Waals surface area contributed by atoms with Gasteiger partial charge in [-0.25, -0.2) is 0 Å². The minimum absolute atomic E-state index is 0. The van der Waals surface area contributed by atoms with E-state index in [9.17, 15) is 0 Å². The van der Waals surface area contributed by atoms with Gasteiger partial charge in [0, 0.05) is 23.7 Å². The summed E-state index contributed by atoms with van der Waals surface area (Å²) in [5.74, 6) is -0.833. The molecule has 0 rings (SSSR count). The van der Waals surface area contributed by atoms with Gasteiger partial charge in [-0.1, -0.05) is 7.43 Å². The monoisotopic (exact) mass is 135 g/mol. The van der Waals surface area contributed by atoms with Crippen LogP contribution in [0.15, 0.2) is 0 Å². The third-order valence-corrected chi connectivity index (χ3v) is 0. The van der Waals surface area contributed by atoms with E-state index in [1.54, 1.807) is 0 Å². The standard InChI is InChI=1S/C2H4O2.CH4.Co/c1-2(3)4;;/h1H3,(H,3,4);1H4;. The molecule has 6 heavy (non-hydrogen) atoms. The molecule has 41 valence electrons. The Bertz CT molecular complexity index is 31.8. The van der Waals surface area contributed by atoms with Crippen molar-refractivity contribution in [2.75, 3.05) is 0 Å². The molecule has 0 aliphatic heterocycles. The van der Waals surface area contributed by atoms with Gasteiger partial charge >= 0.3 is 0 Å². The first-order chi connectivity index (χ1) is 1.73. The number of carboxylic acids is 1. The Labute approximate surface area is 47.8 Å². The first-order valence-corrected chi connectivity index (χ1v) is 0.928. The van der Waals surface area contributed by atoms with Gasteiger partial charge in [0.25, 0.3) is 5.97 Å². The predicted molar refractivity (Wildman–Crippen MR) is 20.0 cm³/mol. The molecule has 0 saturated carbocycles. The van der Waals surface area contributed by atoms with Crippen molar-refractivity contribution in [3.63, 3.8) is 0 Å². The summed E-state index contributed by atoms with van der Waals surface area (Å²) in [5.41, 5.74) is 0. The van der Waals surface area contributed by atoms with E-state index in [-0.39, 0.29) is 24.2 Å². The molecule has 0 bridgehead atoms. The van der Waals surface area contributed by atoms with Crippen molar-refractivity contribution in [3.8, 4) is 0 Å². The van der Waals surface area contributed by atoms with Gasteiger partial charge in [-0.05, 0) is 0 Å². The molecule has 3 heteroatoms. The second-order valence-electron chi connectivity index (χ2n) is 0.519. The molecule has 0 aliphatic carbocycles. The van der Waals surface area contributed by atoms with Gasteiger partial charge in [-0.2, -0.15) is 0 Å². The van der Waals surface area contributed by atoms with Crippen molar-refractivity contribution in [2.45, 2.75) is 14.4 Å². The predicted octanol–water partition coefficient (Wildman–Crippen LogP) is 0.724. The number of rotatable bonds is 0. The first-order valence-electron chi connectivity index (χ1n) is 0.928. The second-order valence-corrected chi connectivity index (χ2v) is 0.519. The molecule has 0 spiro atoms. The van der Waals surface area contributed by atoms with Crippen LogP contribution in [0.5, 0.6) is 0 Å². The maximum absolute atomic E-state index is 9.00. The van der Waals surface area contributed by atoms with Crippen LogP contribution in [0.25, 0.3) is 0 Å². The largest absolute Gasteiger partial charge is 0.481 e. The Morgan fingerprint density at radius 2 is 1.67 bits per heavy atom. The zero-order valence-electron chi connectivity index (χ0n) is 2.69. The summed E-state index contributed by atoms with van der Waals surface area (Å²) in [6.45, 7) is 1.08. The van der Waals surface area contributed by atoms with Crippen LogP contribution in [0.2, 0.25) is 0 Å². The molecular weight excluding hydrogens is 127 g/mol. The molecular formula is C3H8CoO2. The summed E-state index contributed by atoms with van der Waals surface area (Å²) in [4.78, 5) is 9.00. The van der Waals surface area contributed by atoms with E-state index in [1.807, 2.05) is 0 Å². The van der Waals surface area contributed by atoms with Gasteiger partial charge in [0.1, 0.15) is 0 Å². The van der Waals surface area contributed by atoms with Crippen LogP contribution in [0, 0.1) is 0 Å². The van der Waals surface area contributed by atoms with Crippen LogP contribution in [-0.4, -0.2) is 11.1 Å². The van der Waals surface area contributed by atoms with E-state index in [2.05, 4.69) is 0 Å². The van der Waals surface area contributed by atoms with Gasteiger partial charge in [0.15, 0.2) is 0 Å². The van der Waals surface area contributed by atoms with E-state index < -0.39 is 5.97 Å². The van der Waals surface area contributed by atoms with Crippen molar-refractivity contribution in [1.82, 2.24) is 0 Å². The van der Waals surface area contributed by atoms with Crippen molar-refractivity contribution in [1.29, 1.82) is 0 Å². The van der Waals surface area contributed by atoms with Crippen LogP contribution < -0.4 is 0 Å². The van der Waals surface area contributed by atoms with E-state index in [0.29, 0.717) is 0 Å². The van der Waals surface area contributed by atoms with Crippen molar-refractivity contribution in [2.24, 2.45) is 0 Å². The molecule has 0 fully saturated rings. The Morgan fingerprint density at radius 1 is 1.67 bits per heavy atom. The summed E-state index contributed by atoms with van der Waals surface area (Å²) in [6.07, 6.45) is 0. The Morgan fingerprint density at radius 3 is 1.67 bits per heavy atom. The fourth-order valence-electron chi connectivity index (χ4n) is 0. The van der Waals surface area contributed by atoms with Gasteiger partial charge in [0.05, 0.1) is 0 Å². The third-order valence-electron chi connectivity index (χ3n) is 0. The van der Waals surface area contributed by atoms with Crippen LogP contribution in [0.1, 0.15) is 14.4 Å². The van der Waals surface area contributed by atoms with Gasteiger partial charge in [-0.3, -0.25) is 4.79 Å². The van der Waals surface area contributed by atoms with E-state index in [0.717, 1.165) is 6.92 Å². The number of hydrogen-bond donors (Lipinski definition) is 1. The summed E-state index contributed by atoms with van der Waals surface area (Å²) >= 11 is 0. The minimum Gasteiger partial charge on any atom is -0.481 e. The van der Waals surface area contributed by atoms with E-state index in [4.69, 9.17) is 9.90 Å². The number of carboxylic acid groups (broad SMARTS) is 1. The zero-order valence-corrected chi connectivity index (χ0v) is 3.73. The Kier molecular flexibility index (Phi) is 24.7. The number of hydrogen-bond acceptors (Lipinski definition) is 1. The summed E-state index contributed by atoms with van der Waals surface area (Å²) in [7, 11) is 0. The topological polar surface area (TPSA) is 37.3 Å². The average molecular weight is 135 g/mol. The van der Waals surface area contributed by atoms with E-state index >= 15 is 0 Å². The molecule has 0 aromatic heterocycles. The number of carbonyl (C=O) groups is 1. The molecule has 0 aromatic carbocycles. The van der Waals surface area contributed by atoms with Crippen LogP contribution in [0.4, 0.5) is 0 Å². The summed E-state index contributed by atoms with van der Waals surface area (Å²) < 4.78 is 0. The zero-order chi connectivity index (χ0) is 3.58. The Hall–Kier alpha value is -0.0235. The summed E-state index contributed by atoms with van der Waals surface area (Å²) in [6, 6.07) is 0.